The Kier molecular flexibility index (Phi) is 8.49. The number of nitrogen functional groups attached to an aromatic ring is 1. The molecule has 0 fully saturated rings. The van der Waals surface area contributed by atoms with E-state index in [1.807, 2.05) is 84.9 Å². The van der Waals surface area contributed by atoms with Crippen LogP contribution in [0.2, 0.25) is 0 Å². The molecule has 200 valence electrons. The molecule has 0 aliphatic rings. The minimum atomic E-state index is -0.488. The van der Waals surface area contributed by atoms with Gasteiger partial charge in [0.15, 0.2) is 0 Å². The van der Waals surface area contributed by atoms with Gasteiger partial charge in [-0.3, -0.25) is 30.1 Å². The summed E-state index contributed by atoms with van der Waals surface area (Å²) in [6.45, 7) is 0. The number of hydrogen-bond donors (Lipinski definition) is 1. The van der Waals surface area contributed by atoms with Crippen molar-refractivity contribution in [3.8, 4) is 23.7 Å². The zero-order chi connectivity index (χ0) is 29.1. The van der Waals surface area contributed by atoms with Crippen LogP contribution in [-0.4, -0.2) is 27.3 Å². The predicted molar refractivity (Wildman–Crippen MR) is 165 cm³/mol. The molecule has 0 aliphatic heterocycles. The number of nitro benzene ring substituents is 1. The van der Waals surface area contributed by atoms with Crippen molar-refractivity contribution in [3.63, 3.8) is 0 Å². The molecule has 3 aromatic carbocycles. The van der Waals surface area contributed by atoms with E-state index in [1.165, 1.54) is 12.1 Å². The standard InChI is InChI=1S/C34H22N6O2/c35-34-27(13-7-25-9-15-29(16-10-25)38-23-31-5-1-3-19-36-31)21-33(40(41)42)22-28(34)14-8-26-11-17-30(18-12-26)39-24-32-6-2-4-20-37-32/h1-6,9-12,15-24H,35H2. The summed E-state index contributed by atoms with van der Waals surface area (Å²) < 4.78 is 0. The van der Waals surface area contributed by atoms with Crippen LogP contribution in [0.15, 0.2) is 119 Å². The molecule has 2 N–H and O–H groups in total. The second kappa shape index (κ2) is 13.1. The quantitative estimate of drug-likeness (QED) is 0.0916. The minimum Gasteiger partial charge on any atom is -0.397 e. The Morgan fingerprint density at radius 3 is 1.50 bits per heavy atom. The Balaban J connectivity index is 1.34. The van der Waals surface area contributed by atoms with Crippen LogP contribution in [0, 0.1) is 33.8 Å². The SMILES string of the molecule is Nc1c(C#Cc2ccc(N=Cc3ccccn3)cc2)cc([N+](=O)[O-])cc1C#Cc1ccc(N=Cc2ccccn2)cc1. The zero-order valence-electron chi connectivity index (χ0n) is 22.2. The summed E-state index contributed by atoms with van der Waals surface area (Å²) in [5, 5.41) is 11.6. The number of nitrogens with zero attached hydrogens (tertiary/aromatic N) is 5. The Bertz CT molecular complexity index is 1760. The maximum absolute atomic E-state index is 11.6. The Morgan fingerprint density at radius 2 is 1.12 bits per heavy atom. The number of benzene rings is 3. The molecule has 42 heavy (non-hydrogen) atoms. The number of hydrogen-bond acceptors (Lipinski definition) is 7. The second-order valence-electron chi connectivity index (χ2n) is 8.83. The fourth-order valence-corrected chi connectivity index (χ4v) is 3.68. The Hall–Kier alpha value is -6.38. The van der Waals surface area contributed by atoms with Crippen LogP contribution in [0.1, 0.15) is 33.6 Å². The normalized spacial score (nSPS) is 10.6. The lowest BCUT2D eigenvalue weighted by atomic mass is 10.0. The molecule has 0 amide bonds. The van der Waals surface area contributed by atoms with Gasteiger partial charge in [-0.05, 0) is 72.8 Å². The fourth-order valence-electron chi connectivity index (χ4n) is 3.68. The van der Waals surface area contributed by atoms with Gasteiger partial charge < -0.3 is 5.73 Å². The number of nitro groups is 1. The number of pyridine rings is 2. The molecular formula is C34H22N6O2. The maximum atomic E-state index is 11.6. The van der Waals surface area contributed by atoms with Gasteiger partial charge in [0.05, 0.1) is 56.9 Å². The van der Waals surface area contributed by atoms with E-state index in [2.05, 4.69) is 43.6 Å². The van der Waals surface area contributed by atoms with Crippen molar-refractivity contribution in [2.45, 2.75) is 0 Å². The molecule has 0 spiro atoms. The highest BCUT2D eigenvalue weighted by Crippen LogP contribution is 2.24. The monoisotopic (exact) mass is 546 g/mol. The van der Waals surface area contributed by atoms with Crippen LogP contribution in [0.3, 0.4) is 0 Å². The van der Waals surface area contributed by atoms with Gasteiger partial charge in [-0.15, -0.1) is 0 Å². The number of nitrogens with two attached hydrogens (primary N) is 1. The van der Waals surface area contributed by atoms with E-state index in [1.54, 1.807) is 24.8 Å². The lowest BCUT2D eigenvalue weighted by Gasteiger charge is -2.03. The van der Waals surface area contributed by atoms with E-state index in [-0.39, 0.29) is 11.4 Å². The summed E-state index contributed by atoms with van der Waals surface area (Å²) in [7, 11) is 0. The van der Waals surface area contributed by atoms with E-state index in [4.69, 9.17) is 5.73 Å². The molecule has 0 unspecified atom stereocenters. The third-order valence-electron chi connectivity index (χ3n) is 5.86. The van der Waals surface area contributed by atoms with E-state index < -0.39 is 4.92 Å². The molecule has 8 nitrogen and oxygen atoms in total. The van der Waals surface area contributed by atoms with Crippen molar-refractivity contribution in [1.29, 1.82) is 0 Å². The molecule has 0 saturated heterocycles. The molecule has 0 radical (unpaired) electrons. The summed E-state index contributed by atoms with van der Waals surface area (Å²) in [6, 6.07) is 28.5. The first-order valence-electron chi connectivity index (χ1n) is 12.8. The molecule has 8 heteroatoms. The van der Waals surface area contributed by atoms with Crippen LogP contribution in [-0.2, 0) is 0 Å². The Labute approximate surface area is 242 Å². The molecule has 5 rings (SSSR count). The molecule has 0 bridgehead atoms. The van der Waals surface area contributed by atoms with Gasteiger partial charge in [-0.1, -0.05) is 35.8 Å². The molecule has 2 heterocycles. The molecule has 2 aromatic heterocycles. The summed E-state index contributed by atoms with van der Waals surface area (Å²) in [6.07, 6.45) is 6.77. The van der Waals surface area contributed by atoms with Gasteiger partial charge in [-0.25, -0.2) is 0 Å². The first-order chi connectivity index (χ1) is 20.5. The fraction of sp³-hybridized carbons (Fsp3) is 0. The summed E-state index contributed by atoms with van der Waals surface area (Å²) in [5.41, 5.74) is 11.5. The third-order valence-corrected chi connectivity index (χ3v) is 5.86. The van der Waals surface area contributed by atoms with Gasteiger partial charge >= 0.3 is 0 Å². The van der Waals surface area contributed by atoms with Gasteiger partial charge in [0.2, 0.25) is 0 Å². The predicted octanol–water partition coefficient (Wildman–Crippen LogP) is 6.27. The smallest absolute Gasteiger partial charge is 0.272 e. The zero-order valence-corrected chi connectivity index (χ0v) is 22.2. The highest BCUT2D eigenvalue weighted by atomic mass is 16.6. The highest BCUT2D eigenvalue weighted by molar-refractivity contribution is 5.80. The van der Waals surface area contributed by atoms with Gasteiger partial charge in [0.25, 0.3) is 5.69 Å². The average Bonchev–Trinajstić information content (AvgIpc) is 3.03. The van der Waals surface area contributed by atoms with E-state index in [0.29, 0.717) is 22.3 Å². The first-order valence-corrected chi connectivity index (χ1v) is 12.8. The van der Waals surface area contributed by atoms with E-state index >= 15 is 0 Å². The molecular weight excluding hydrogens is 524 g/mol. The van der Waals surface area contributed by atoms with Crippen molar-refractivity contribution in [3.05, 3.63) is 153 Å². The van der Waals surface area contributed by atoms with Crippen LogP contribution < -0.4 is 5.73 Å². The molecule has 0 saturated carbocycles. The van der Waals surface area contributed by atoms with Gasteiger partial charge in [0.1, 0.15) is 0 Å². The van der Waals surface area contributed by atoms with Crippen molar-refractivity contribution in [2.75, 3.05) is 5.73 Å². The van der Waals surface area contributed by atoms with Gasteiger partial charge in [0, 0.05) is 35.7 Å². The highest BCUT2D eigenvalue weighted by Gasteiger charge is 2.13. The topological polar surface area (TPSA) is 120 Å². The van der Waals surface area contributed by atoms with Crippen LogP contribution >= 0.6 is 0 Å². The molecule has 5 aromatic rings. The number of anilines is 1. The lowest BCUT2D eigenvalue weighted by molar-refractivity contribution is -0.384. The second-order valence-corrected chi connectivity index (χ2v) is 8.83. The van der Waals surface area contributed by atoms with Crippen LogP contribution in [0.4, 0.5) is 22.7 Å². The Morgan fingerprint density at radius 1 is 0.667 bits per heavy atom. The number of non-ortho nitro benzene ring substituents is 1. The van der Waals surface area contributed by atoms with Crippen LogP contribution in [0.5, 0.6) is 0 Å². The summed E-state index contributed by atoms with van der Waals surface area (Å²) >= 11 is 0. The maximum Gasteiger partial charge on any atom is 0.272 e. The van der Waals surface area contributed by atoms with Gasteiger partial charge in [-0.2, -0.15) is 0 Å². The van der Waals surface area contributed by atoms with Crippen molar-refractivity contribution < 1.29 is 4.92 Å². The number of rotatable bonds is 5. The number of aromatic nitrogens is 2. The van der Waals surface area contributed by atoms with Crippen molar-refractivity contribution >= 4 is 35.2 Å². The summed E-state index contributed by atoms with van der Waals surface area (Å²) in [4.78, 5) is 28.4. The van der Waals surface area contributed by atoms with E-state index in [9.17, 15) is 10.1 Å². The minimum absolute atomic E-state index is 0.142. The van der Waals surface area contributed by atoms with Crippen molar-refractivity contribution in [1.82, 2.24) is 9.97 Å². The summed E-state index contributed by atoms with van der Waals surface area (Å²) in [5.74, 6) is 12.0. The lowest BCUT2D eigenvalue weighted by Crippen LogP contribution is -1.98. The first kappa shape index (κ1) is 27.2. The third kappa shape index (κ3) is 7.38. The largest absolute Gasteiger partial charge is 0.397 e. The van der Waals surface area contributed by atoms with Crippen LogP contribution in [0.25, 0.3) is 0 Å². The molecule has 0 aliphatic carbocycles. The van der Waals surface area contributed by atoms with E-state index in [0.717, 1.165) is 22.8 Å². The molecule has 0 atom stereocenters. The number of aliphatic imine (C=N–C) groups is 2. The van der Waals surface area contributed by atoms with Crippen molar-refractivity contribution in [2.24, 2.45) is 9.98 Å². The average molecular weight is 547 g/mol.